The molecular weight excluding hydrogens is 421 g/mol. The zero-order valence-corrected chi connectivity index (χ0v) is 19.4. The number of benzene rings is 1. The van der Waals surface area contributed by atoms with Gasteiger partial charge < -0.3 is 18.9 Å². The molecule has 0 aromatic heterocycles. The summed E-state index contributed by atoms with van der Waals surface area (Å²) in [6, 6.07) is 8.87. The molecule has 7 heteroatoms. The summed E-state index contributed by atoms with van der Waals surface area (Å²) in [7, 11) is 3.43. The highest BCUT2D eigenvalue weighted by Crippen LogP contribution is 2.41. The van der Waals surface area contributed by atoms with Crippen molar-refractivity contribution in [1.82, 2.24) is 9.47 Å². The quantitative estimate of drug-likeness (QED) is 0.552. The summed E-state index contributed by atoms with van der Waals surface area (Å²) in [6.07, 6.45) is 3.91. The molecule has 0 bridgehead atoms. The number of piperidine rings is 1. The predicted octanol–water partition coefficient (Wildman–Crippen LogP) is 4.55. The first-order chi connectivity index (χ1) is 15.9. The summed E-state index contributed by atoms with van der Waals surface area (Å²) in [4.78, 5) is 17.4. The third-order valence-corrected chi connectivity index (χ3v) is 6.94. The maximum absolute atomic E-state index is 13.8. The molecule has 1 amide bonds. The van der Waals surface area contributed by atoms with E-state index < -0.39 is 0 Å². The molecule has 33 heavy (non-hydrogen) atoms. The number of hydrogen-bond donors (Lipinski definition) is 0. The van der Waals surface area contributed by atoms with Crippen LogP contribution in [0.25, 0.3) is 11.3 Å². The summed E-state index contributed by atoms with van der Waals surface area (Å²) in [5.74, 6) is 1.70. The molecule has 4 aliphatic rings. The molecular formula is C26H30FN3O3. The Balaban J connectivity index is 1.34. The van der Waals surface area contributed by atoms with Gasteiger partial charge in [-0.1, -0.05) is 6.92 Å². The van der Waals surface area contributed by atoms with E-state index in [4.69, 9.17) is 9.47 Å². The van der Waals surface area contributed by atoms with Crippen LogP contribution in [0, 0.1) is 11.7 Å². The Morgan fingerprint density at radius 1 is 1.12 bits per heavy atom. The molecule has 5 rings (SSSR count). The smallest absolute Gasteiger partial charge is 0.259 e. The molecule has 0 unspecified atom stereocenters. The van der Waals surface area contributed by atoms with Crippen LogP contribution in [0.5, 0.6) is 11.5 Å². The highest BCUT2D eigenvalue weighted by atomic mass is 19.1. The first-order valence-electron chi connectivity index (χ1n) is 11.6. The summed E-state index contributed by atoms with van der Waals surface area (Å²) in [5.41, 5.74) is 3.96. The Hall–Kier alpha value is -3.06. The van der Waals surface area contributed by atoms with Crippen molar-refractivity contribution in [2.45, 2.75) is 26.3 Å². The van der Waals surface area contributed by atoms with Gasteiger partial charge in [-0.25, -0.2) is 4.39 Å². The van der Waals surface area contributed by atoms with Crippen molar-refractivity contribution in [2.24, 2.45) is 13.0 Å². The maximum Gasteiger partial charge on any atom is 0.259 e. The monoisotopic (exact) mass is 451 g/mol. The number of fused-ring (bicyclic) bond motifs is 3. The fourth-order valence-corrected chi connectivity index (χ4v) is 5.03. The highest BCUT2D eigenvalue weighted by Gasteiger charge is 2.35. The largest absolute Gasteiger partial charge is 0.493 e. The molecule has 0 saturated carbocycles. The van der Waals surface area contributed by atoms with Crippen molar-refractivity contribution < 1.29 is 18.7 Å². The van der Waals surface area contributed by atoms with E-state index in [1.165, 1.54) is 25.1 Å². The third kappa shape index (κ3) is 4.06. The number of carbonyl (C=O) groups is 1. The molecule has 1 saturated heterocycles. The second kappa shape index (κ2) is 8.71. The lowest BCUT2D eigenvalue weighted by Gasteiger charge is -2.30. The fraction of sp³-hybridized carbons (Fsp3) is 0.423. The van der Waals surface area contributed by atoms with Crippen molar-refractivity contribution in [2.75, 3.05) is 38.3 Å². The minimum atomic E-state index is -0.311. The molecule has 0 atom stereocenters. The number of ether oxygens (including phenoxy) is 2. The van der Waals surface area contributed by atoms with Crippen molar-refractivity contribution in [1.29, 1.82) is 0 Å². The first-order valence-corrected chi connectivity index (χ1v) is 11.6. The number of hydrogen-bond acceptors (Lipinski definition) is 4. The van der Waals surface area contributed by atoms with Gasteiger partial charge in [-0.15, -0.1) is 0 Å². The molecule has 1 aromatic carbocycles. The summed E-state index contributed by atoms with van der Waals surface area (Å²) >= 11 is 0. The average molecular weight is 452 g/mol. The van der Waals surface area contributed by atoms with Gasteiger partial charge in [-0.2, -0.15) is 0 Å². The van der Waals surface area contributed by atoms with Gasteiger partial charge in [0.1, 0.15) is 12.4 Å². The average Bonchev–Trinajstić information content (AvgIpc) is 3.31. The molecule has 6 nitrogen and oxygen atoms in total. The lowest BCUT2D eigenvalue weighted by atomic mass is 9.99. The Kier molecular flexibility index (Phi) is 5.74. The van der Waals surface area contributed by atoms with E-state index in [0.717, 1.165) is 48.1 Å². The van der Waals surface area contributed by atoms with Crippen molar-refractivity contribution in [3.63, 3.8) is 0 Å². The third-order valence-electron chi connectivity index (χ3n) is 6.94. The number of amides is 1. The highest BCUT2D eigenvalue weighted by molar-refractivity contribution is 6.13. The van der Waals surface area contributed by atoms with Gasteiger partial charge in [0.05, 0.1) is 19.3 Å². The van der Waals surface area contributed by atoms with Crippen LogP contribution in [-0.4, -0.2) is 48.7 Å². The van der Waals surface area contributed by atoms with Crippen molar-refractivity contribution >= 4 is 11.6 Å². The topological polar surface area (TPSA) is 46.9 Å². The van der Waals surface area contributed by atoms with Gasteiger partial charge in [-0.3, -0.25) is 9.69 Å². The molecule has 1 fully saturated rings. The van der Waals surface area contributed by atoms with Crippen molar-refractivity contribution in [3.8, 4) is 22.8 Å². The van der Waals surface area contributed by atoms with Crippen LogP contribution in [-0.2, 0) is 13.6 Å². The first kappa shape index (κ1) is 21.8. The lowest BCUT2D eigenvalue weighted by Crippen LogP contribution is -2.35. The van der Waals surface area contributed by atoms with E-state index in [1.807, 2.05) is 18.2 Å². The van der Waals surface area contributed by atoms with Crippen LogP contribution < -0.4 is 14.4 Å². The van der Waals surface area contributed by atoms with Crippen LogP contribution in [0.1, 0.15) is 35.7 Å². The second-order valence-corrected chi connectivity index (χ2v) is 9.21. The van der Waals surface area contributed by atoms with E-state index >= 15 is 0 Å². The lowest BCUT2D eigenvalue weighted by molar-refractivity contribution is 0.0996. The molecule has 0 spiro atoms. The number of aromatic nitrogens is 1. The second-order valence-electron chi connectivity index (χ2n) is 9.21. The van der Waals surface area contributed by atoms with Gasteiger partial charge in [-0.05, 0) is 56.1 Å². The number of aryl methyl sites for hydroxylation is 1. The number of pyridine rings is 1. The van der Waals surface area contributed by atoms with Crippen LogP contribution in [0.2, 0.25) is 0 Å². The van der Waals surface area contributed by atoms with Crippen LogP contribution >= 0.6 is 0 Å². The summed E-state index contributed by atoms with van der Waals surface area (Å²) in [6.45, 7) is 6.41. The zero-order chi connectivity index (χ0) is 23.1. The minimum Gasteiger partial charge on any atom is -0.493 e. The number of anilines is 1. The maximum atomic E-state index is 13.8. The van der Waals surface area contributed by atoms with E-state index in [1.54, 1.807) is 29.7 Å². The molecule has 3 heterocycles. The van der Waals surface area contributed by atoms with Gasteiger partial charge in [0.25, 0.3) is 5.91 Å². The Labute approximate surface area is 193 Å². The van der Waals surface area contributed by atoms with E-state index in [9.17, 15) is 9.18 Å². The zero-order valence-electron chi connectivity index (χ0n) is 19.4. The van der Waals surface area contributed by atoms with E-state index in [2.05, 4.69) is 11.8 Å². The number of likely N-dealkylation sites (tertiary alicyclic amines) is 1. The normalized spacial score (nSPS) is 17.1. The standard InChI is InChI=1S/C26H30FN3O3/c1-17-6-8-29(9-7-17)10-11-33-24-14-20(4-5-23(24)32-3)30-16-22-21(26(30)31)13-18-12-19(27)15-28(2)25(18)22/h4-5,12-15,17H,6-11,16H2,1-3H3. The number of halogens is 1. The minimum absolute atomic E-state index is 0.0832. The van der Waals surface area contributed by atoms with Crippen molar-refractivity contribution in [3.05, 3.63) is 53.5 Å². The van der Waals surface area contributed by atoms with Gasteiger partial charge in [0.15, 0.2) is 11.5 Å². The summed E-state index contributed by atoms with van der Waals surface area (Å²) in [5, 5.41) is 0. The number of methoxy groups -OCH3 is 1. The van der Waals surface area contributed by atoms with Crippen LogP contribution in [0.3, 0.4) is 0 Å². The van der Waals surface area contributed by atoms with Crippen LogP contribution in [0.4, 0.5) is 10.1 Å². The van der Waals surface area contributed by atoms with Gasteiger partial charge in [0, 0.05) is 48.2 Å². The number of rotatable bonds is 6. The van der Waals surface area contributed by atoms with Crippen LogP contribution in [0.15, 0.2) is 36.5 Å². The predicted molar refractivity (Wildman–Crippen MR) is 126 cm³/mol. The van der Waals surface area contributed by atoms with Gasteiger partial charge >= 0.3 is 0 Å². The number of nitrogens with zero attached hydrogens (tertiary/aromatic N) is 3. The molecule has 1 aromatic rings. The SMILES string of the molecule is COc1ccc(N2Cc3c(cc4cc(F)cn(C)c3-4)C2=O)cc1OCCN1CCC(C)CC1. The molecule has 1 aliphatic carbocycles. The van der Waals surface area contributed by atoms with Gasteiger partial charge in [0.2, 0.25) is 0 Å². The molecule has 174 valence electrons. The van der Waals surface area contributed by atoms with E-state index in [0.29, 0.717) is 30.2 Å². The molecule has 0 radical (unpaired) electrons. The number of carbonyl (C=O) groups excluding carboxylic acids is 1. The Morgan fingerprint density at radius 2 is 1.91 bits per heavy atom. The Morgan fingerprint density at radius 3 is 2.67 bits per heavy atom. The molecule has 3 aliphatic heterocycles. The fourth-order valence-electron chi connectivity index (χ4n) is 5.03. The molecule has 0 N–H and O–H groups in total. The summed E-state index contributed by atoms with van der Waals surface area (Å²) < 4.78 is 27.2. The Bertz CT molecular complexity index is 1150. The van der Waals surface area contributed by atoms with E-state index in [-0.39, 0.29) is 11.7 Å².